The fraction of sp³-hybridized carbons (Fsp3) is 0.267. The van der Waals surface area contributed by atoms with Gasteiger partial charge in [-0.1, -0.05) is 6.07 Å². The monoisotopic (exact) mass is 313 g/mol. The first-order valence-electron chi connectivity index (χ1n) is 7.16. The Hall–Kier alpha value is -3.03. The highest BCUT2D eigenvalue weighted by Crippen LogP contribution is 2.13. The van der Waals surface area contributed by atoms with Gasteiger partial charge in [-0.25, -0.2) is 9.67 Å². The average Bonchev–Trinajstić information content (AvgIpc) is 2.57. The molecule has 3 rings (SSSR count). The Labute approximate surface area is 132 Å². The second-order valence-electron chi connectivity index (χ2n) is 5.07. The van der Waals surface area contributed by atoms with Crippen molar-refractivity contribution in [3.8, 4) is 0 Å². The quantitative estimate of drug-likeness (QED) is 0.763. The van der Waals surface area contributed by atoms with Crippen LogP contribution in [0.15, 0.2) is 47.5 Å². The highest BCUT2D eigenvalue weighted by Gasteiger charge is 2.28. The van der Waals surface area contributed by atoms with E-state index in [4.69, 9.17) is 0 Å². The summed E-state index contributed by atoms with van der Waals surface area (Å²) < 4.78 is 1.08. The molecule has 8 nitrogen and oxygen atoms in total. The zero-order valence-electron chi connectivity index (χ0n) is 12.3. The van der Waals surface area contributed by atoms with Crippen LogP contribution < -0.4 is 10.5 Å². The molecule has 1 fully saturated rings. The van der Waals surface area contributed by atoms with E-state index in [1.807, 2.05) is 0 Å². The van der Waals surface area contributed by atoms with Crippen molar-refractivity contribution >= 4 is 17.6 Å². The van der Waals surface area contributed by atoms with Gasteiger partial charge in [-0.3, -0.25) is 19.3 Å². The van der Waals surface area contributed by atoms with Gasteiger partial charge in [-0.15, -0.1) is 0 Å². The van der Waals surface area contributed by atoms with Crippen LogP contribution >= 0.6 is 0 Å². The zero-order valence-corrected chi connectivity index (χ0v) is 12.3. The number of amides is 2. The molecule has 0 aliphatic carbocycles. The van der Waals surface area contributed by atoms with E-state index in [-0.39, 0.29) is 30.5 Å². The van der Waals surface area contributed by atoms with Gasteiger partial charge in [0.25, 0.3) is 5.56 Å². The summed E-state index contributed by atoms with van der Waals surface area (Å²) in [6.07, 6.45) is 3.06. The van der Waals surface area contributed by atoms with E-state index in [1.54, 1.807) is 29.3 Å². The Kier molecular flexibility index (Phi) is 4.13. The molecule has 0 aromatic carbocycles. The molecule has 118 valence electrons. The van der Waals surface area contributed by atoms with E-state index < -0.39 is 0 Å². The third-order valence-electron chi connectivity index (χ3n) is 3.57. The molecular weight excluding hydrogens is 298 g/mol. The highest BCUT2D eigenvalue weighted by molar-refractivity contribution is 5.97. The predicted octanol–water partition coefficient (Wildman–Crippen LogP) is -0.486. The van der Waals surface area contributed by atoms with Crippen LogP contribution in [0, 0.1) is 0 Å². The topological polar surface area (TPSA) is 88.4 Å². The molecule has 2 aromatic heterocycles. The van der Waals surface area contributed by atoms with Crippen LogP contribution in [0.5, 0.6) is 0 Å². The first kappa shape index (κ1) is 14.9. The zero-order chi connectivity index (χ0) is 16.2. The summed E-state index contributed by atoms with van der Waals surface area (Å²) in [6, 6.07) is 8.19. The first-order valence-corrected chi connectivity index (χ1v) is 7.16. The van der Waals surface area contributed by atoms with Gasteiger partial charge in [-0.05, 0) is 18.2 Å². The van der Waals surface area contributed by atoms with Gasteiger partial charge in [-0.2, -0.15) is 5.10 Å². The predicted molar refractivity (Wildman–Crippen MR) is 81.7 cm³/mol. The molecule has 1 aliphatic heterocycles. The van der Waals surface area contributed by atoms with Crippen LogP contribution in [0.2, 0.25) is 0 Å². The van der Waals surface area contributed by atoms with Crippen molar-refractivity contribution in [2.75, 3.05) is 24.5 Å². The second kappa shape index (κ2) is 6.39. The minimum atomic E-state index is -0.348. The average molecular weight is 313 g/mol. The van der Waals surface area contributed by atoms with Gasteiger partial charge in [0.2, 0.25) is 11.8 Å². The lowest BCUT2D eigenvalue weighted by atomic mass is 10.3. The Morgan fingerprint density at radius 1 is 1.09 bits per heavy atom. The van der Waals surface area contributed by atoms with Crippen molar-refractivity contribution in [1.82, 2.24) is 19.7 Å². The molecule has 0 unspecified atom stereocenters. The molecular formula is C15H15N5O3. The molecule has 2 aromatic rings. The molecule has 0 atom stereocenters. The molecule has 2 amide bonds. The molecule has 8 heteroatoms. The SMILES string of the molecule is O=C(Cn1ncccc1=O)N1CCN(c2ccccn2)C(=O)C1. The Balaban J connectivity index is 1.66. The van der Waals surface area contributed by atoms with Gasteiger partial charge < -0.3 is 4.90 Å². The lowest BCUT2D eigenvalue weighted by Gasteiger charge is -2.33. The van der Waals surface area contributed by atoms with Crippen LogP contribution in [0.1, 0.15) is 0 Å². The second-order valence-corrected chi connectivity index (χ2v) is 5.07. The van der Waals surface area contributed by atoms with Crippen molar-refractivity contribution in [3.63, 3.8) is 0 Å². The number of hydrogen-bond donors (Lipinski definition) is 0. The van der Waals surface area contributed by atoms with E-state index >= 15 is 0 Å². The van der Waals surface area contributed by atoms with Gasteiger partial charge in [0.05, 0.1) is 0 Å². The lowest BCUT2D eigenvalue weighted by molar-refractivity contribution is -0.137. The van der Waals surface area contributed by atoms with E-state index in [9.17, 15) is 14.4 Å². The molecule has 0 radical (unpaired) electrons. The van der Waals surface area contributed by atoms with Gasteiger partial charge in [0.15, 0.2) is 0 Å². The lowest BCUT2D eigenvalue weighted by Crippen LogP contribution is -2.53. The van der Waals surface area contributed by atoms with E-state index in [0.717, 1.165) is 4.68 Å². The maximum atomic E-state index is 12.2. The third-order valence-corrected chi connectivity index (χ3v) is 3.57. The molecule has 1 saturated heterocycles. The van der Waals surface area contributed by atoms with Gasteiger partial charge >= 0.3 is 0 Å². The van der Waals surface area contributed by atoms with Crippen LogP contribution in [-0.2, 0) is 16.1 Å². The Bertz CT molecular complexity index is 774. The maximum Gasteiger partial charge on any atom is 0.267 e. The van der Waals surface area contributed by atoms with Crippen molar-refractivity contribution in [3.05, 3.63) is 53.1 Å². The standard InChI is InChI=1S/C15H15N5O3/c21-13-5-3-7-17-20(13)11-14(22)18-8-9-19(15(23)10-18)12-4-1-2-6-16-12/h1-7H,8-11H2. The van der Waals surface area contributed by atoms with Crippen molar-refractivity contribution in [1.29, 1.82) is 0 Å². The normalized spacial score (nSPS) is 14.9. The molecule has 0 bridgehead atoms. The fourth-order valence-corrected chi connectivity index (χ4v) is 2.38. The molecule has 1 aliphatic rings. The van der Waals surface area contributed by atoms with Crippen molar-refractivity contribution in [2.24, 2.45) is 0 Å². The van der Waals surface area contributed by atoms with E-state index in [0.29, 0.717) is 18.9 Å². The number of piperazine rings is 1. The molecule has 3 heterocycles. The Morgan fingerprint density at radius 2 is 1.96 bits per heavy atom. The number of carbonyl (C=O) groups is 2. The summed E-state index contributed by atoms with van der Waals surface area (Å²) >= 11 is 0. The van der Waals surface area contributed by atoms with E-state index in [2.05, 4.69) is 10.1 Å². The van der Waals surface area contributed by atoms with Crippen LogP contribution in [0.25, 0.3) is 0 Å². The number of rotatable bonds is 3. The highest BCUT2D eigenvalue weighted by atomic mass is 16.2. The minimum absolute atomic E-state index is 0.0308. The number of nitrogens with zero attached hydrogens (tertiary/aromatic N) is 5. The number of pyridine rings is 1. The van der Waals surface area contributed by atoms with Crippen molar-refractivity contribution in [2.45, 2.75) is 6.54 Å². The van der Waals surface area contributed by atoms with Crippen LogP contribution in [0.3, 0.4) is 0 Å². The van der Waals surface area contributed by atoms with Crippen LogP contribution in [0.4, 0.5) is 5.82 Å². The van der Waals surface area contributed by atoms with Gasteiger partial charge in [0, 0.05) is 31.5 Å². The number of hydrogen-bond acceptors (Lipinski definition) is 5. The maximum absolute atomic E-state index is 12.2. The van der Waals surface area contributed by atoms with Gasteiger partial charge in [0.1, 0.15) is 18.9 Å². The summed E-state index contributed by atoms with van der Waals surface area (Å²) in [5.74, 6) is 0.0713. The molecule has 0 spiro atoms. The summed E-state index contributed by atoms with van der Waals surface area (Å²) in [4.78, 5) is 43.2. The number of carbonyl (C=O) groups excluding carboxylic acids is 2. The summed E-state index contributed by atoms with van der Waals surface area (Å²) in [7, 11) is 0. The summed E-state index contributed by atoms with van der Waals surface area (Å²) in [6.45, 7) is 0.564. The smallest absolute Gasteiger partial charge is 0.267 e. The minimum Gasteiger partial charge on any atom is -0.330 e. The van der Waals surface area contributed by atoms with E-state index in [1.165, 1.54) is 23.2 Å². The first-order chi connectivity index (χ1) is 11.1. The number of anilines is 1. The molecule has 23 heavy (non-hydrogen) atoms. The largest absolute Gasteiger partial charge is 0.330 e. The van der Waals surface area contributed by atoms with Crippen LogP contribution in [-0.4, -0.2) is 51.1 Å². The third kappa shape index (κ3) is 3.25. The Morgan fingerprint density at radius 3 is 2.65 bits per heavy atom. The van der Waals surface area contributed by atoms with Crippen molar-refractivity contribution < 1.29 is 9.59 Å². The molecule has 0 N–H and O–H groups in total. The summed E-state index contributed by atoms with van der Waals surface area (Å²) in [5.41, 5.74) is -0.348. The number of aromatic nitrogens is 3. The molecule has 0 saturated carbocycles. The summed E-state index contributed by atoms with van der Waals surface area (Å²) in [5, 5.41) is 3.85. The fourth-order valence-electron chi connectivity index (χ4n) is 2.38.